The van der Waals surface area contributed by atoms with Gasteiger partial charge in [0, 0.05) is 18.0 Å². The van der Waals surface area contributed by atoms with Gasteiger partial charge in [-0.25, -0.2) is 0 Å². The fourth-order valence-electron chi connectivity index (χ4n) is 4.52. The van der Waals surface area contributed by atoms with Crippen LogP contribution >= 0.6 is 0 Å². The zero-order valence-electron chi connectivity index (χ0n) is 20.6. The molecule has 0 aromatic heterocycles. The quantitative estimate of drug-likeness (QED) is 0.603. The Morgan fingerprint density at radius 2 is 1.33 bits per heavy atom. The highest BCUT2D eigenvalue weighted by Gasteiger charge is 2.45. The van der Waals surface area contributed by atoms with Gasteiger partial charge in [-0.05, 0) is 59.1 Å². The lowest BCUT2D eigenvalue weighted by atomic mass is 9.72. The third kappa shape index (κ3) is 7.16. The maximum atomic E-state index is 13.5. The number of esters is 2. The Labute approximate surface area is 197 Å². The number of piperidine rings is 1. The summed E-state index contributed by atoms with van der Waals surface area (Å²) in [6, 6.07) is 19.6. The number of carbonyl (C=O) groups is 2. The van der Waals surface area contributed by atoms with E-state index in [1.165, 1.54) is 0 Å². The Bertz CT molecular complexity index is 878. The molecule has 1 fully saturated rings. The molecule has 1 heterocycles. The maximum Gasteiger partial charge on any atom is 0.312 e. The summed E-state index contributed by atoms with van der Waals surface area (Å²) in [5.74, 6) is -0.994. The van der Waals surface area contributed by atoms with Gasteiger partial charge in [-0.1, -0.05) is 60.7 Å². The van der Waals surface area contributed by atoms with Gasteiger partial charge in [0.05, 0.1) is 12.3 Å². The highest BCUT2D eigenvalue weighted by Crippen LogP contribution is 2.43. The predicted molar refractivity (Wildman–Crippen MR) is 130 cm³/mol. The molecule has 4 atom stereocenters. The van der Waals surface area contributed by atoms with Gasteiger partial charge < -0.3 is 14.8 Å². The van der Waals surface area contributed by atoms with E-state index in [0.29, 0.717) is 6.42 Å². The number of ether oxygens (including phenoxy) is 2. The van der Waals surface area contributed by atoms with Crippen molar-refractivity contribution in [1.29, 1.82) is 0 Å². The number of hydrogen-bond acceptors (Lipinski definition) is 5. The average molecular weight is 452 g/mol. The summed E-state index contributed by atoms with van der Waals surface area (Å²) in [4.78, 5) is 26.2. The van der Waals surface area contributed by atoms with Crippen LogP contribution in [-0.2, 0) is 19.1 Å². The number of benzene rings is 2. The molecule has 33 heavy (non-hydrogen) atoms. The largest absolute Gasteiger partial charge is 0.460 e. The normalized spacial score (nSPS) is 23.6. The van der Waals surface area contributed by atoms with Crippen molar-refractivity contribution in [2.75, 3.05) is 0 Å². The standard InChI is InChI=1S/C28H37NO4/c1-27(2,3)32-23(30)18-21-17-22(19-13-9-7-10-14-19)24(26(31)33-28(4,5)6)25(29-21)20-15-11-8-12-16-20/h7-16,21-22,24-25,29H,17-18H2,1-6H3/t21-,22+,24-,25-/m0/s1. The van der Waals surface area contributed by atoms with Crippen molar-refractivity contribution in [3.05, 3.63) is 71.8 Å². The highest BCUT2D eigenvalue weighted by atomic mass is 16.6. The first-order valence-electron chi connectivity index (χ1n) is 11.7. The lowest BCUT2D eigenvalue weighted by Crippen LogP contribution is -2.50. The highest BCUT2D eigenvalue weighted by molar-refractivity contribution is 5.76. The lowest BCUT2D eigenvalue weighted by molar-refractivity contribution is -0.163. The molecule has 1 saturated heterocycles. The zero-order valence-corrected chi connectivity index (χ0v) is 20.6. The topological polar surface area (TPSA) is 64.6 Å². The van der Waals surface area contributed by atoms with E-state index in [2.05, 4.69) is 17.4 Å². The van der Waals surface area contributed by atoms with Gasteiger partial charge in [0.25, 0.3) is 0 Å². The Hall–Kier alpha value is -2.66. The van der Waals surface area contributed by atoms with Crippen molar-refractivity contribution in [1.82, 2.24) is 5.32 Å². The molecule has 0 bridgehead atoms. The van der Waals surface area contributed by atoms with Crippen molar-refractivity contribution in [2.24, 2.45) is 5.92 Å². The van der Waals surface area contributed by atoms with Crippen LogP contribution in [0.1, 0.15) is 77.5 Å². The number of hydrogen-bond donors (Lipinski definition) is 1. The van der Waals surface area contributed by atoms with Crippen LogP contribution in [0.4, 0.5) is 0 Å². The van der Waals surface area contributed by atoms with Gasteiger partial charge in [-0.3, -0.25) is 9.59 Å². The zero-order chi connectivity index (χ0) is 24.2. The minimum Gasteiger partial charge on any atom is -0.460 e. The second kappa shape index (κ2) is 10.1. The summed E-state index contributed by atoms with van der Waals surface area (Å²) in [7, 11) is 0. The number of carbonyl (C=O) groups excluding carboxylic acids is 2. The second-order valence-electron chi connectivity index (χ2n) is 10.9. The molecule has 1 aliphatic rings. The van der Waals surface area contributed by atoms with Crippen LogP contribution in [-0.4, -0.2) is 29.2 Å². The van der Waals surface area contributed by atoms with E-state index in [1.54, 1.807) is 0 Å². The molecule has 5 heteroatoms. The first-order chi connectivity index (χ1) is 15.4. The molecule has 2 aromatic carbocycles. The minimum absolute atomic E-state index is 0.0973. The minimum atomic E-state index is -0.590. The van der Waals surface area contributed by atoms with E-state index in [-0.39, 0.29) is 36.4 Å². The first kappa shape index (κ1) is 25.0. The molecule has 0 amide bonds. The van der Waals surface area contributed by atoms with E-state index < -0.39 is 17.1 Å². The third-order valence-corrected chi connectivity index (χ3v) is 5.64. The molecular formula is C28H37NO4. The Morgan fingerprint density at radius 3 is 1.85 bits per heavy atom. The van der Waals surface area contributed by atoms with Crippen molar-refractivity contribution < 1.29 is 19.1 Å². The predicted octanol–water partition coefficient (Wildman–Crippen LogP) is 5.56. The summed E-state index contributed by atoms with van der Waals surface area (Å²) < 4.78 is 11.5. The van der Waals surface area contributed by atoms with Crippen LogP contribution in [0.2, 0.25) is 0 Å². The SMILES string of the molecule is CC(C)(C)OC(=O)C[C@@H]1C[C@H](c2ccccc2)[C@H](C(=O)OC(C)(C)C)[C@H](c2ccccc2)N1. The molecule has 178 valence electrons. The van der Waals surface area contributed by atoms with Crippen LogP contribution in [0.3, 0.4) is 0 Å². The Balaban J connectivity index is 1.99. The summed E-state index contributed by atoms with van der Waals surface area (Å²) in [5, 5.41) is 3.60. The lowest BCUT2D eigenvalue weighted by Gasteiger charge is -2.43. The van der Waals surface area contributed by atoms with Crippen LogP contribution in [0, 0.1) is 5.92 Å². The van der Waals surface area contributed by atoms with Gasteiger partial charge in [0.2, 0.25) is 0 Å². The fourth-order valence-corrected chi connectivity index (χ4v) is 4.52. The van der Waals surface area contributed by atoms with Crippen molar-refractivity contribution in [3.8, 4) is 0 Å². The molecule has 5 nitrogen and oxygen atoms in total. The second-order valence-corrected chi connectivity index (χ2v) is 10.9. The molecule has 0 aliphatic carbocycles. The van der Waals surface area contributed by atoms with E-state index in [1.807, 2.05) is 90.1 Å². The molecular weight excluding hydrogens is 414 g/mol. The summed E-state index contributed by atoms with van der Waals surface area (Å²) in [6.07, 6.45) is 0.876. The van der Waals surface area contributed by atoms with E-state index in [9.17, 15) is 9.59 Å². The summed E-state index contributed by atoms with van der Waals surface area (Å²) in [6.45, 7) is 11.3. The van der Waals surface area contributed by atoms with E-state index in [0.717, 1.165) is 11.1 Å². The van der Waals surface area contributed by atoms with Crippen molar-refractivity contribution in [3.63, 3.8) is 0 Å². The first-order valence-corrected chi connectivity index (χ1v) is 11.7. The fraction of sp³-hybridized carbons (Fsp3) is 0.500. The number of nitrogens with one attached hydrogen (secondary N) is 1. The van der Waals surface area contributed by atoms with Crippen LogP contribution in [0.5, 0.6) is 0 Å². The summed E-state index contributed by atoms with van der Waals surface area (Å²) in [5.41, 5.74) is 0.947. The Kier molecular flexibility index (Phi) is 7.63. The van der Waals surface area contributed by atoms with Crippen molar-refractivity contribution in [2.45, 2.75) is 83.6 Å². The van der Waals surface area contributed by atoms with Gasteiger partial charge >= 0.3 is 11.9 Å². The average Bonchev–Trinajstić information content (AvgIpc) is 2.71. The number of rotatable bonds is 5. The van der Waals surface area contributed by atoms with Crippen molar-refractivity contribution >= 4 is 11.9 Å². The monoisotopic (exact) mass is 451 g/mol. The summed E-state index contributed by atoms with van der Waals surface area (Å²) >= 11 is 0. The van der Waals surface area contributed by atoms with Crippen LogP contribution in [0.15, 0.2) is 60.7 Å². The molecule has 0 unspecified atom stereocenters. The van der Waals surface area contributed by atoms with E-state index in [4.69, 9.17) is 9.47 Å². The smallest absolute Gasteiger partial charge is 0.312 e. The molecule has 1 N–H and O–H groups in total. The van der Waals surface area contributed by atoms with Gasteiger partial charge in [-0.2, -0.15) is 0 Å². The molecule has 2 aromatic rings. The molecule has 3 rings (SSSR count). The van der Waals surface area contributed by atoms with Crippen LogP contribution in [0.25, 0.3) is 0 Å². The maximum absolute atomic E-state index is 13.5. The molecule has 1 aliphatic heterocycles. The molecule has 0 saturated carbocycles. The van der Waals surface area contributed by atoms with Gasteiger partial charge in [-0.15, -0.1) is 0 Å². The molecule has 0 spiro atoms. The van der Waals surface area contributed by atoms with Gasteiger partial charge in [0.1, 0.15) is 11.2 Å². The van der Waals surface area contributed by atoms with Crippen LogP contribution < -0.4 is 5.32 Å². The van der Waals surface area contributed by atoms with E-state index >= 15 is 0 Å². The van der Waals surface area contributed by atoms with Gasteiger partial charge in [0.15, 0.2) is 0 Å². The Morgan fingerprint density at radius 1 is 0.818 bits per heavy atom. The molecule has 0 radical (unpaired) electrons. The third-order valence-electron chi connectivity index (χ3n) is 5.64.